The van der Waals surface area contributed by atoms with Crippen molar-refractivity contribution in [2.24, 2.45) is 0 Å². The Balaban J connectivity index is 1.92. The van der Waals surface area contributed by atoms with Gasteiger partial charge in [-0.25, -0.2) is 4.79 Å². The van der Waals surface area contributed by atoms with E-state index in [0.717, 1.165) is 18.1 Å². The molecule has 0 spiro atoms. The van der Waals surface area contributed by atoms with Gasteiger partial charge in [-0.15, -0.1) is 0 Å². The molecule has 1 aliphatic heterocycles. The fraction of sp³-hybridized carbons (Fsp3) is 0.643. The molecule has 1 unspecified atom stereocenters. The minimum Gasteiger partial charge on any atom is -0.460 e. The first-order valence-electron chi connectivity index (χ1n) is 6.67. The molecule has 0 saturated carbocycles. The Morgan fingerprint density at radius 1 is 1.35 bits per heavy atom. The van der Waals surface area contributed by atoms with Crippen LogP contribution < -0.4 is 0 Å². The van der Waals surface area contributed by atoms with E-state index < -0.39 is 5.97 Å². The fourth-order valence-electron chi connectivity index (χ4n) is 1.55. The zero-order valence-corrected chi connectivity index (χ0v) is 13.5. The Morgan fingerprint density at radius 3 is 2.80 bits per heavy atom. The van der Waals surface area contributed by atoms with Crippen molar-refractivity contribution in [3.8, 4) is 0 Å². The molecule has 0 aromatic rings. The summed E-state index contributed by atoms with van der Waals surface area (Å²) in [6, 6.07) is 0. The molecule has 0 bridgehead atoms. The molecule has 0 N–H and O–H groups in total. The summed E-state index contributed by atoms with van der Waals surface area (Å²) >= 11 is 0. The SMILES string of the molecule is C=C(CCCC1CCSS1)OOCCOC(=O)C(=C)C. The van der Waals surface area contributed by atoms with Gasteiger partial charge in [0, 0.05) is 23.0 Å². The zero-order chi connectivity index (χ0) is 14.8. The van der Waals surface area contributed by atoms with Crippen molar-refractivity contribution in [1.29, 1.82) is 0 Å². The van der Waals surface area contributed by atoms with Crippen LogP contribution in [0.25, 0.3) is 0 Å². The van der Waals surface area contributed by atoms with Gasteiger partial charge in [0.25, 0.3) is 0 Å². The maximum Gasteiger partial charge on any atom is 0.333 e. The molecule has 4 nitrogen and oxygen atoms in total. The Kier molecular flexibility index (Phi) is 8.89. The average molecular weight is 318 g/mol. The first-order chi connectivity index (χ1) is 9.59. The van der Waals surface area contributed by atoms with Crippen LogP contribution in [0.2, 0.25) is 0 Å². The molecule has 1 aliphatic rings. The number of esters is 1. The molecule has 0 aromatic heterocycles. The van der Waals surface area contributed by atoms with Gasteiger partial charge in [0.1, 0.15) is 19.0 Å². The van der Waals surface area contributed by atoms with Crippen LogP contribution in [-0.4, -0.2) is 30.2 Å². The Labute approximate surface area is 128 Å². The zero-order valence-electron chi connectivity index (χ0n) is 11.9. The summed E-state index contributed by atoms with van der Waals surface area (Å²) in [5, 5.41) is 0.773. The van der Waals surface area contributed by atoms with Crippen LogP contribution in [0.1, 0.15) is 32.6 Å². The van der Waals surface area contributed by atoms with Crippen molar-refractivity contribution in [2.45, 2.75) is 37.9 Å². The lowest BCUT2D eigenvalue weighted by atomic mass is 10.1. The van der Waals surface area contributed by atoms with E-state index in [2.05, 4.69) is 13.2 Å². The van der Waals surface area contributed by atoms with Gasteiger partial charge in [-0.3, -0.25) is 0 Å². The smallest absolute Gasteiger partial charge is 0.333 e. The summed E-state index contributed by atoms with van der Waals surface area (Å²) in [6.07, 6.45) is 4.35. The molecule has 0 amide bonds. The van der Waals surface area contributed by atoms with Gasteiger partial charge in [0.05, 0.1) is 0 Å². The lowest BCUT2D eigenvalue weighted by Crippen LogP contribution is -2.11. The Hall–Kier alpha value is -0.590. The molecule has 114 valence electrons. The van der Waals surface area contributed by atoms with Gasteiger partial charge in [-0.05, 0) is 26.2 Å². The van der Waals surface area contributed by atoms with Crippen LogP contribution in [0.15, 0.2) is 24.5 Å². The molecular formula is C14H22O4S2. The van der Waals surface area contributed by atoms with Crippen LogP contribution in [0.4, 0.5) is 0 Å². The van der Waals surface area contributed by atoms with E-state index in [4.69, 9.17) is 14.5 Å². The van der Waals surface area contributed by atoms with E-state index in [1.807, 2.05) is 21.6 Å². The van der Waals surface area contributed by atoms with E-state index >= 15 is 0 Å². The minimum atomic E-state index is -0.417. The summed E-state index contributed by atoms with van der Waals surface area (Å²) in [7, 11) is 3.94. The van der Waals surface area contributed by atoms with Crippen molar-refractivity contribution in [3.05, 3.63) is 24.5 Å². The number of carbonyl (C=O) groups excluding carboxylic acids is 1. The lowest BCUT2D eigenvalue weighted by molar-refractivity contribution is -0.268. The van der Waals surface area contributed by atoms with Gasteiger partial charge in [-0.1, -0.05) is 34.7 Å². The predicted octanol–water partition coefficient (Wildman–Crippen LogP) is 3.89. The van der Waals surface area contributed by atoms with Crippen molar-refractivity contribution < 1.29 is 19.3 Å². The maximum atomic E-state index is 11.1. The Bertz CT molecular complexity index is 338. The van der Waals surface area contributed by atoms with Crippen LogP contribution in [0.3, 0.4) is 0 Å². The van der Waals surface area contributed by atoms with E-state index in [1.165, 1.54) is 18.6 Å². The number of rotatable bonds is 10. The third-order valence-electron chi connectivity index (χ3n) is 2.63. The van der Waals surface area contributed by atoms with Gasteiger partial charge < -0.3 is 9.62 Å². The molecule has 1 heterocycles. The second-order valence-corrected chi connectivity index (χ2v) is 7.37. The third kappa shape index (κ3) is 7.87. The van der Waals surface area contributed by atoms with E-state index in [9.17, 15) is 4.79 Å². The van der Waals surface area contributed by atoms with E-state index in [-0.39, 0.29) is 13.2 Å². The maximum absolute atomic E-state index is 11.1. The standard InChI is InChI=1S/C14H22O4S2/c1-11(2)14(15)16-8-9-17-18-12(3)5-4-6-13-7-10-19-20-13/h13H,1,3-10H2,2H3. The molecule has 1 saturated heterocycles. The quantitative estimate of drug-likeness (QED) is 0.116. The van der Waals surface area contributed by atoms with E-state index in [0.29, 0.717) is 11.3 Å². The fourth-order valence-corrected chi connectivity index (χ4v) is 4.58. The number of ether oxygens (including phenoxy) is 1. The molecule has 1 rings (SSSR count). The highest BCUT2D eigenvalue weighted by atomic mass is 33.1. The first kappa shape index (κ1) is 17.5. The molecule has 1 fully saturated rings. The van der Waals surface area contributed by atoms with Crippen LogP contribution in [0.5, 0.6) is 0 Å². The van der Waals surface area contributed by atoms with Crippen molar-refractivity contribution in [3.63, 3.8) is 0 Å². The highest BCUT2D eigenvalue weighted by Gasteiger charge is 2.15. The van der Waals surface area contributed by atoms with Gasteiger partial charge >= 0.3 is 5.97 Å². The predicted molar refractivity (Wildman–Crippen MR) is 84.3 cm³/mol. The average Bonchev–Trinajstić information content (AvgIpc) is 2.91. The minimum absolute atomic E-state index is 0.148. The molecule has 6 heteroatoms. The summed E-state index contributed by atoms with van der Waals surface area (Å²) < 4.78 is 4.86. The van der Waals surface area contributed by atoms with Crippen molar-refractivity contribution >= 4 is 27.6 Å². The number of hydrogen-bond acceptors (Lipinski definition) is 6. The van der Waals surface area contributed by atoms with Crippen molar-refractivity contribution in [2.75, 3.05) is 19.0 Å². The normalized spacial score (nSPS) is 17.8. The summed E-state index contributed by atoms with van der Waals surface area (Å²) in [4.78, 5) is 21.0. The molecule has 0 aromatic carbocycles. The highest BCUT2D eigenvalue weighted by molar-refractivity contribution is 8.77. The monoisotopic (exact) mass is 318 g/mol. The number of allylic oxidation sites excluding steroid dienone is 1. The molecule has 0 aliphatic carbocycles. The van der Waals surface area contributed by atoms with Gasteiger partial charge in [0.2, 0.25) is 0 Å². The molecule has 20 heavy (non-hydrogen) atoms. The summed E-state index contributed by atoms with van der Waals surface area (Å²) in [5.41, 5.74) is 0.373. The van der Waals surface area contributed by atoms with Gasteiger partial charge in [0.15, 0.2) is 0 Å². The summed E-state index contributed by atoms with van der Waals surface area (Å²) in [5.74, 6) is 1.46. The van der Waals surface area contributed by atoms with Crippen molar-refractivity contribution in [1.82, 2.24) is 0 Å². The highest BCUT2D eigenvalue weighted by Crippen LogP contribution is 2.39. The van der Waals surface area contributed by atoms with Crippen LogP contribution in [0, 0.1) is 0 Å². The second-order valence-electron chi connectivity index (χ2n) is 4.58. The number of carbonyl (C=O) groups is 1. The third-order valence-corrected chi connectivity index (χ3v) is 5.64. The molecule has 0 radical (unpaired) electrons. The van der Waals surface area contributed by atoms with Gasteiger partial charge in [-0.2, -0.15) is 4.89 Å². The topological polar surface area (TPSA) is 44.8 Å². The largest absolute Gasteiger partial charge is 0.460 e. The lowest BCUT2D eigenvalue weighted by Gasteiger charge is -2.09. The number of hydrogen-bond donors (Lipinski definition) is 0. The molecule has 1 atom stereocenters. The molecular weight excluding hydrogens is 296 g/mol. The Morgan fingerprint density at radius 2 is 2.15 bits per heavy atom. The second kappa shape index (κ2) is 10.2. The van der Waals surface area contributed by atoms with E-state index in [1.54, 1.807) is 6.92 Å². The first-order valence-corrected chi connectivity index (χ1v) is 9.06. The van der Waals surface area contributed by atoms with Crippen LogP contribution in [-0.2, 0) is 19.3 Å². The summed E-state index contributed by atoms with van der Waals surface area (Å²) in [6.45, 7) is 9.22. The van der Waals surface area contributed by atoms with Crippen LogP contribution >= 0.6 is 21.6 Å².